The van der Waals surface area contributed by atoms with Crippen LogP contribution in [0.4, 0.5) is 0 Å². The van der Waals surface area contributed by atoms with Crippen LogP contribution < -0.4 is 5.73 Å². The topological polar surface area (TPSA) is 75.7 Å². The van der Waals surface area contributed by atoms with Gasteiger partial charge in [-0.1, -0.05) is 57.6 Å². The molecule has 1 unspecified atom stereocenters. The summed E-state index contributed by atoms with van der Waals surface area (Å²) in [6.45, 7) is 3.32. The summed E-state index contributed by atoms with van der Waals surface area (Å²) in [7, 11) is 0. The number of allylic oxidation sites excluding steroid dienone is 2. The Hall–Kier alpha value is -1.46. The Kier molecular flexibility index (Phi) is 11.9. The molecule has 148 valence electrons. The van der Waals surface area contributed by atoms with E-state index >= 15 is 0 Å². The number of carboxylic acids is 1. The second kappa shape index (κ2) is 13.7. The van der Waals surface area contributed by atoms with Gasteiger partial charge in [0.05, 0.1) is 6.20 Å². The van der Waals surface area contributed by atoms with Gasteiger partial charge in [0.2, 0.25) is 5.84 Å². The van der Waals surface area contributed by atoms with E-state index in [2.05, 4.69) is 24.1 Å². The monoisotopic (exact) mass is 364 g/mol. The molecule has 5 nitrogen and oxygen atoms in total. The lowest BCUT2D eigenvalue weighted by Crippen LogP contribution is -2.52. The minimum Gasteiger partial charge on any atom is -0.477 e. The molecule has 3 N–H and O–H groups in total. The first-order valence-electron chi connectivity index (χ1n) is 10.3. The van der Waals surface area contributed by atoms with E-state index in [1.165, 1.54) is 57.8 Å². The number of carbonyl (C=O) groups is 1. The zero-order valence-corrected chi connectivity index (χ0v) is 16.5. The van der Waals surface area contributed by atoms with Gasteiger partial charge in [-0.2, -0.15) is 0 Å². The lowest BCUT2D eigenvalue weighted by Gasteiger charge is -2.30. The van der Waals surface area contributed by atoms with Crippen molar-refractivity contribution in [2.24, 2.45) is 10.7 Å². The fourth-order valence-corrected chi connectivity index (χ4v) is 3.47. The molecule has 26 heavy (non-hydrogen) atoms. The van der Waals surface area contributed by atoms with Crippen LogP contribution in [0.15, 0.2) is 29.5 Å². The van der Waals surface area contributed by atoms with E-state index in [1.54, 1.807) is 6.20 Å². The summed E-state index contributed by atoms with van der Waals surface area (Å²) >= 11 is 0. The van der Waals surface area contributed by atoms with Crippen LogP contribution in [0.25, 0.3) is 0 Å². The molecule has 0 aromatic heterocycles. The molecule has 0 aromatic carbocycles. The number of unbranched alkanes of at least 4 members (excludes halogenated alkanes) is 8. The van der Waals surface area contributed by atoms with Crippen molar-refractivity contribution in [3.63, 3.8) is 0 Å². The molecule has 0 radical (unpaired) electrons. The molecule has 0 saturated heterocycles. The zero-order chi connectivity index (χ0) is 19.1. The van der Waals surface area contributed by atoms with Crippen LogP contribution in [0.2, 0.25) is 0 Å². The first kappa shape index (κ1) is 22.6. The third-order valence-corrected chi connectivity index (χ3v) is 4.93. The number of carboxylic acid groups (broad SMARTS) is 1. The highest BCUT2D eigenvalue weighted by molar-refractivity contribution is 5.81. The van der Waals surface area contributed by atoms with Gasteiger partial charge in [0.15, 0.2) is 6.54 Å². The fourth-order valence-electron chi connectivity index (χ4n) is 3.47. The molecular weight excluding hydrogens is 326 g/mol. The maximum Gasteiger partial charge on any atom is 0.360 e. The summed E-state index contributed by atoms with van der Waals surface area (Å²) in [6.07, 6.45) is 21.5. The van der Waals surface area contributed by atoms with Crippen molar-refractivity contribution in [1.29, 1.82) is 0 Å². The first-order chi connectivity index (χ1) is 12.6. The van der Waals surface area contributed by atoms with Gasteiger partial charge in [-0.3, -0.25) is 0 Å². The smallest absolute Gasteiger partial charge is 0.360 e. The molecule has 1 aliphatic heterocycles. The number of hydrogen-bond acceptors (Lipinski definition) is 3. The highest BCUT2D eigenvalue weighted by atomic mass is 16.4. The van der Waals surface area contributed by atoms with Crippen molar-refractivity contribution < 1.29 is 14.4 Å². The van der Waals surface area contributed by atoms with E-state index < -0.39 is 5.97 Å². The summed E-state index contributed by atoms with van der Waals surface area (Å²) in [5.41, 5.74) is 5.70. The Balaban J connectivity index is 2.12. The molecule has 1 heterocycles. The van der Waals surface area contributed by atoms with Crippen LogP contribution in [-0.2, 0) is 4.79 Å². The average molecular weight is 365 g/mol. The largest absolute Gasteiger partial charge is 0.477 e. The van der Waals surface area contributed by atoms with E-state index in [9.17, 15) is 9.90 Å². The number of aliphatic carboxylic acids is 1. The maximum absolute atomic E-state index is 11.2. The first-order valence-corrected chi connectivity index (χ1v) is 10.3. The predicted molar refractivity (Wildman–Crippen MR) is 109 cm³/mol. The van der Waals surface area contributed by atoms with Gasteiger partial charge in [-0.15, -0.1) is 0 Å². The highest BCUT2D eigenvalue weighted by Gasteiger charge is 2.36. The van der Waals surface area contributed by atoms with Gasteiger partial charge >= 0.3 is 5.97 Å². The van der Waals surface area contributed by atoms with Crippen molar-refractivity contribution in [3.05, 3.63) is 24.6 Å². The lowest BCUT2D eigenvalue weighted by molar-refractivity contribution is -0.778. The van der Waals surface area contributed by atoms with E-state index in [-0.39, 0.29) is 6.54 Å². The van der Waals surface area contributed by atoms with Gasteiger partial charge in [0.25, 0.3) is 0 Å². The molecule has 0 bridgehead atoms. The Morgan fingerprint density at radius 3 is 2.42 bits per heavy atom. The van der Waals surface area contributed by atoms with E-state index in [0.29, 0.717) is 17.6 Å². The standard InChI is InChI=1S/C21H37N3O2/c1-2-3-4-5-6-7-8-9-10-11-12-13-14-20-23-16-18-24(20,17-15-22)19-21(25)26/h4-5,16,18H,2-3,6-15,17,19,22H2,1H3/p+1/b5-4+. The van der Waals surface area contributed by atoms with Crippen molar-refractivity contribution in [1.82, 2.24) is 0 Å². The summed E-state index contributed by atoms with van der Waals surface area (Å²) in [5.74, 6) is 0.152. The number of quaternary nitrogens is 1. The molecule has 0 fully saturated rings. The van der Waals surface area contributed by atoms with Gasteiger partial charge < -0.3 is 10.8 Å². The summed E-state index contributed by atoms with van der Waals surface area (Å²) < 4.78 is 0.303. The van der Waals surface area contributed by atoms with Crippen molar-refractivity contribution in [2.75, 3.05) is 19.6 Å². The zero-order valence-electron chi connectivity index (χ0n) is 16.5. The summed E-state index contributed by atoms with van der Waals surface area (Å²) in [5, 5.41) is 9.21. The van der Waals surface area contributed by atoms with Crippen LogP contribution in [0, 0.1) is 0 Å². The summed E-state index contributed by atoms with van der Waals surface area (Å²) in [4.78, 5) is 15.6. The van der Waals surface area contributed by atoms with E-state index in [4.69, 9.17) is 5.73 Å². The second-order valence-corrected chi connectivity index (χ2v) is 7.22. The molecule has 5 heteroatoms. The Labute approximate surface area is 159 Å². The number of nitrogens with zero attached hydrogens (tertiary/aromatic N) is 2. The number of nitrogens with two attached hydrogens (primary N) is 1. The molecule has 1 rings (SSSR count). The Morgan fingerprint density at radius 2 is 1.77 bits per heavy atom. The maximum atomic E-state index is 11.2. The minimum absolute atomic E-state index is 0.0409. The van der Waals surface area contributed by atoms with Crippen LogP contribution in [0.3, 0.4) is 0 Å². The van der Waals surface area contributed by atoms with E-state index in [1.807, 2.05) is 6.20 Å². The molecule has 0 spiro atoms. The normalized spacial score (nSPS) is 19.4. The van der Waals surface area contributed by atoms with Gasteiger partial charge in [-0.25, -0.2) is 14.3 Å². The van der Waals surface area contributed by atoms with Crippen LogP contribution >= 0.6 is 0 Å². The van der Waals surface area contributed by atoms with Crippen LogP contribution in [0.1, 0.15) is 77.6 Å². The quantitative estimate of drug-likeness (QED) is 0.239. The molecular formula is C21H38N3O2+. The second-order valence-electron chi connectivity index (χ2n) is 7.22. The number of rotatable bonds is 16. The molecule has 0 saturated carbocycles. The van der Waals surface area contributed by atoms with Gasteiger partial charge in [0, 0.05) is 13.0 Å². The third-order valence-electron chi connectivity index (χ3n) is 4.93. The molecule has 1 aliphatic rings. The van der Waals surface area contributed by atoms with E-state index in [0.717, 1.165) is 18.7 Å². The van der Waals surface area contributed by atoms with Crippen LogP contribution in [0.5, 0.6) is 0 Å². The molecule has 1 atom stereocenters. The van der Waals surface area contributed by atoms with Crippen molar-refractivity contribution in [3.8, 4) is 0 Å². The van der Waals surface area contributed by atoms with Crippen molar-refractivity contribution in [2.45, 2.75) is 77.6 Å². The Bertz CT molecular complexity index is 486. The molecule has 0 aliphatic carbocycles. The third kappa shape index (κ3) is 8.77. The average Bonchev–Trinajstić information content (AvgIpc) is 2.97. The fraction of sp³-hybridized carbons (Fsp3) is 0.714. The molecule has 0 aromatic rings. The van der Waals surface area contributed by atoms with Crippen molar-refractivity contribution >= 4 is 11.8 Å². The number of aliphatic imine (C=N–C) groups is 1. The number of hydrogen-bond donors (Lipinski definition) is 2. The van der Waals surface area contributed by atoms with Gasteiger partial charge in [0.1, 0.15) is 12.7 Å². The number of amidine groups is 1. The summed E-state index contributed by atoms with van der Waals surface area (Å²) in [6, 6.07) is 0. The minimum atomic E-state index is -0.803. The van der Waals surface area contributed by atoms with Gasteiger partial charge in [-0.05, 0) is 25.7 Å². The highest BCUT2D eigenvalue weighted by Crippen LogP contribution is 2.21. The lowest BCUT2D eigenvalue weighted by atomic mass is 10.1. The Morgan fingerprint density at radius 1 is 1.12 bits per heavy atom. The SMILES string of the molecule is CCC/C=C/CCCCCCCCCC1=NC=C[N+]1(CCN)CC(=O)O. The predicted octanol–water partition coefficient (Wildman–Crippen LogP) is 4.60. The molecule has 0 amide bonds. The van der Waals surface area contributed by atoms with Crippen LogP contribution in [-0.4, -0.2) is 41.0 Å².